The molecule has 1 amide bonds. The highest BCUT2D eigenvalue weighted by atomic mass is 16.2. The molecule has 2 atom stereocenters. The van der Waals surface area contributed by atoms with Gasteiger partial charge in [-0.3, -0.25) is 4.79 Å². The van der Waals surface area contributed by atoms with Crippen molar-refractivity contribution in [3.8, 4) is 0 Å². The third-order valence-electron chi connectivity index (χ3n) is 4.14. The van der Waals surface area contributed by atoms with E-state index < -0.39 is 0 Å². The van der Waals surface area contributed by atoms with Gasteiger partial charge in [0, 0.05) is 18.0 Å². The fraction of sp³-hybridized carbons (Fsp3) is 0.632. The molecule has 0 aliphatic carbocycles. The predicted octanol–water partition coefficient (Wildman–Crippen LogP) is 2.77. The highest BCUT2D eigenvalue weighted by molar-refractivity contribution is 5.79. The van der Waals surface area contributed by atoms with Gasteiger partial charge in [-0.25, -0.2) is 0 Å². The average Bonchev–Trinajstić information content (AvgIpc) is 2.43. The summed E-state index contributed by atoms with van der Waals surface area (Å²) >= 11 is 0. The molecule has 0 radical (unpaired) electrons. The molecule has 3 nitrogen and oxygen atoms in total. The molecule has 1 rings (SSSR count). The molecule has 0 bridgehead atoms. The molecular formula is C19H33N2O+. The third-order valence-corrected chi connectivity index (χ3v) is 4.14. The standard InChI is InChI=1S/C19H32N2O/c1-8-20-18(22)14(4)21-17(13(2)3)15-9-11-16(12-10-15)19(5,6)7/h9-14,17,21H,8H2,1-7H3,(H,20,22)/p+1/t14-,17+/m0/s1. The van der Waals surface area contributed by atoms with E-state index in [9.17, 15) is 4.79 Å². The van der Waals surface area contributed by atoms with E-state index in [0.717, 1.165) is 0 Å². The number of carbonyl (C=O) groups is 1. The molecule has 0 spiro atoms. The zero-order valence-electron chi connectivity index (χ0n) is 15.2. The fourth-order valence-electron chi connectivity index (χ4n) is 2.66. The van der Waals surface area contributed by atoms with E-state index in [-0.39, 0.29) is 17.4 Å². The minimum atomic E-state index is -0.0744. The molecule has 0 aliphatic rings. The highest BCUT2D eigenvalue weighted by Gasteiger charge is 2.26. The topological polar surface area (TPSA) is 45.7 Å². The van der Waals surface area contributed by atoms with Gasteiger partial charge in [0.05, 0.1) is 0 Å². The Kier molecular flexibility index (Phi) is 6.61. The van der Waals surface area contributed by atoms with Crippen LogP contribution < -0.4 is 10.6 Å². The van der Waals surface area contributed by atoms with Gasteiger partial charge in [0.15, 0.2) is 6.04 Å². The maximum atomic E-state index is 12.0. The first-order valence-corrected chi connectivity index (χ1v) is 8.40. The van der Waals surface area contributed by atoms with E-state index in [0.29, 0.717) is 18.5 Å². The maximum absolute atomic E-state index is 12.0. The van der Waals surface area contributed by atoms with Crippen molar-refractivity contribution in [2.24, 2.45) is 5.92 Å². The third kappa shape index (κ3) is 5.13. The van der Waals surface area contributed by atoms with Crippen molar-refractivity contribution in [2.45, 2.75) is 66.0 Å². The van der Waals surface area contributed by atoms with Crippen LogP contribution in [0.15, 0.2) is 24.3 Å². The first-order valence-electron chi connectivity index (χ1n) is 8.40. The second-order valence-electron chi connectivity index (χ2n) is 7.52. The number of benzene rings is 1. The second kappa shape index (κ2) is 7.77. The smallest absolute Gasteiger partial charge is 0.277 e. The number of hydrogen-bond donors (Lipinski definition) is 2. The summed E-state index contributed by atoms with van der Waals surface area (Å²) in [7, 11) is 0. The van der Waals surface area contributed by atoms with Crippen LogP contribution in [0.1, 0.15) is 65.6 Å². The SMILES string of the molecule is CCNC(=O)[C@H](C)[NH2+][C@@H](c1ccc(C(C)(C)C)cc1)C(C)C. The molecule has 0 saturated carbocycles. The van der Waals surface area contributed by atoms with E-state index in [1.807, 2.05) is 13.8 Å². The molecule has 0 aromatic heterocycles. The Bertz CT molecular complexity index is 471. The zero-order valence-corrected chi connectivity index (χ0v) is 15.2. The minimum absolute atomic E-state index is 0.0744. The Hall–Kier alpha value is -1.35. The summed E-state index contributed by atoms with van der Waals surface area (Å²) in [6.07, 6.45) is 0. The van der Waals surface area contributed by atoms with E-state index in [1.165, 1.54) is 11.1 Å². The summed E-state index contributed by atoms with van der Waals surface area (Å²) in [4.78, 5) is 12.0. The van der Waals surface area contributed by atoms with Crippen LogP contribution in [0.4, 0.5) is 0 Å². The van der Waals surface area contributed by atoms with E-state index in [2.05, 4.69) is 69.5 Å². The van der Waals surface area contributed by atoms with Crippen molar-refractivity contribution >= 4 is 5.91 Å². The normalized spacial score (nSPS) is 14.7. The van der Waals surface area contributed by atoms with Crippen LogP contribution in [0.5, 0.6) is 0 Å². The largest absolute Gasteiger partial charge is 0.351 e. The molecule has 0 aliphatic heterocycles. The Morgan fingerprint density at radius 1 is 1.14 bits per heavy atom. The molecular weight excluding hydrogens is 272 g/mol. The van der Waals surface area contributed by atoms with E-state index in [1.54, 1.807) is 0 Å². The van der Waals surface area contributed by atoms with Gasteiger partial charge in [0.25, 0.3) is 5.91 Å². The lowest BCUT2D eigenvalue weighted by molar-refractivity contribution is -0.719. The fourth-order valence-corrected chi connectivity index (χ4v) is 2.66. The number of amides is 1. The van der Waals surface area contributed by atoms with Crippen LogP contribution >= 0.6 is 0 Å². The highest BCUT2D eigenvalue weighted by Crippen LogP contribution is 2.25. The van der Waals surface area contributed by atoms with Crippen molar-refractivity contribution in [1.29, 1.82) is 0 Å². The second-order valence-corrected chi connectivity index (χ2v) is 7.52. The molecule has 0 fully saturated rings. The van der Waals surface area contributed by atoms with E-state index >= 15 is 0 Å². The number of quaternary nitrogens is 1. The van der Waals surface area contributed by atoms with Crippen molar-refractivity contribution in [1.82, 2.24) is 5.32 Å². The summed E-state index contributed by atoms with van der Waals surface area (Å²) in [5, 5.41) is 5.08. The van der Waals surface area contributed by atoms with Gasteiger partial charge in [-0.2, -0.15) is 0 Å². The lowest BCUT2D eigenvalue weighted by Crippen LogP contribution is -2.93. The van der Waals surface area contributed by atoms with Crippen molar-refractivity contribution in [2.75, 3.05) is 6.54 Å². The Morgan fingerprint density at radius 3 is 2.09 bits per heavy atom. The quantitative estimate of drug-likeness (QED) is 0.834. The summed E-state index contributed by atoms with van der Waals surface area (Å²) < 4.78 is 0. The Balaban J connectivity index is 2.90. The molecule has 3 heteroatoms. The molecule has 124 valence electrons. The predicted molar refractivity (Wildman–Crippen MR) is 92.8 cm³/mol. The molecule has 0 saturated heterocycles. The number of hydrogen-bond acceptors (Lipinski definition) is 1. The molecule has 0 heterocycles. The Labute approximate surface area is 135 Å². The molecule has 0 unspecified atom stereocenters. The van der Waals surface area contributed by atoms with Gasteiger partial charge >= 0.3 is 0 Å². The van der Waals surface area contributed by atoms with Gasteiger partial charge < -0.3 is 10.6 Å². The van der Waals surface area contributed by atoms with Crippen LogP contribution in [-0.2, 0) is 10.2 Å². The summed E-state index contributed by atoms with van der Waals surface area (Å²) in [5.41, 5.74) is 2.80. The van der Waals surface area contributed by atoms with Crippen LogP contribution in [0, 0.1) is 5.92 Å². The van der Waals surface area contributed by atoms with Gasteiger partial charge in [0.1, 0.15) is 6.04 Å². The minimum Gasteiger partial charge on any atom is -0.351 e. The van der Waals surface area contributed by atoms with Crippen LogP contribution in [0.25, 0.3) is 0 Å². The van der Waals surface area contributed by atoms with Crippen LogP contribution in [0.2, 0.25) is 0 Å². The van der Waals surface area contributed by atoms with Gasteiger partial charge in [-0.1, -0.05) is 58.9 Å². The lowest BCUT2D eigenvalue weighted by Gasteiger charge is -2.24. The number of nitrogens with one attached hydrogen (secondary N) is 1. The monoisotopic (exact) mass is 305 g/mol. The zero-order chi connectivity index (χ0) is 16.9. The molecule has 1 aromatic carbocycles. The molecule has 3 N–H and O–H groups in total. The number of nitrogens with two attached hydrogens (primary N) is 1. The number of rotatable bonds is 6. The number of likely N-dealkylation sites (N-methyl/N-ethyl adjacent to an activating group) is 1. The Morgan fingerprint density at radius 2 is 1.68 bits per heavy atom. The number of carbonyl (C=O) groups excluding carboxylic acids is 1. The summed E-state index contributed by atoms with van der Waals surface area (Å²) in [5.74, 6) is 0.580. The molecule has 1 aromatic rings. The van der Waals surface area contributed by atoms with Crippen molar-refractivity contribution < 1.29 is 10.1 Å². The van der Waals surface area contributed by atoms with Crippen molar-refractivity contribution in [3.05, 3.63) is 35.4 Å². The van der Waals surface area contributed by atoms with Crippen LogP contribution in [-0.4, -0.2) is 18.5 Å². The van der Waals surface area contributed by atoms with Gasteiger partial charge in [-0.05, 0) is 24.8 Å². The summed E-state index contributed by atoms with van der Waals surface area (Å²) in [6, 6.07) is 9.09. The lowest BCUT2D eigenvalue weighted by atomic mass is 9.85. The first-order chi connectivity index (χ1) is 10.2. The van der Waals surface area contributed by atoms with E-state index in [4.69, 9.17) is 0 Å². The first kappa shape index (κ1) is 18.7. The van der Waals surface area contributed by atoms with Gasteiger partial charge in [0.2, 0.25) is 0 Å². The van der Waals surface area contributed by atoms with Crippen molar-refractivity contribution in [3.63, 3.8) is 0 Å². The summed E-state index contributed by atoms with van der Waals surface area (Å²) in [6.45, 7) is 15.7. The van der Waals surface area contributed by atoms with Crippen LogP contribution in [0.3, 0.4) is 0 Å². The maximum Gasteiger partial charge on any atom is 0.277 e. The van der Waals surface area contributed by atoms with Gasteiger partial charge in [-0.15, -0.1) is 0 Å². The average molecular weight is 305 g/mol. The molecule has 22 heavy (non-hydrogen) atoms.